The van der Waals surface area contributed by atoms with Gasteiger partial charge < -0.3 is 5.32 Å². The van der Waals surface area contributed by atoms with Crippen molar-refractivity contribution < 1.29 is 8.42 Å². The topological polar surface area (TPSA) is 72.2 Å². The van der Waals surface area contributed by atoms with E-state index < -0.39 is 10.0 Å². The minimum absolute atomic E-state index is 0.171. The van der Waals surface area contributed by atoms with E-state index in [-0.39, 0.29) is 4.90 Å². The van der Waals surface area contributed by atoms with Crippen LogP contribution in [0.15, 0.2) is 29.2 Å². The van der Waals surface area contributed by atoms with Gasteiger partial charge >= 0.3 is 0 Å². The number of hydrogen-bond acceptors (Lipinski definition) is 3. The van der Waals surface area contributed by atoms with E-state index in [9.17, 15) is 8.42 Å². The molecule has 21 heavy (non-hydrogen) atoms. The van der Waals surface area contributed by atoms with E-state index in [0.29, 0.717) is 6.04 Å². The monoisotopic (exact) mass is 310 g/mol. The normalized spacial score (nSPS) is 23.5. The van der Waals surface area contributed by atoms with Crippen molar-refractivity contribution in [2.45, 2.75) is 62.8 Å². The molecule has 5 heteroatoms. The number of benzene rings is 1. The molecular formula is C16H26N2O2S. The first-order valence-corrected chi connectivity index (χ1v) is 9.43. The van der Waals surface area contributed by atoms with Gasteiger partial charge in [0.05, 0.1) is 4.90 Å². The summed E-state index contributed by atoms with van der Waals surface area (Å²) >= 11 is 0. The van der Waals surface area contributed by atoms with Crippen LogP contribution in [0.3, 0.4) is 0 Å². The molecule has 1 aliphatic rings. The lowest BCUT2D eigenvalue weighted by atomic mass is 9.95. The van der Waals surface area contributed by atoms with E-state index in [0.717, 1.165) is 24.4 Å². The fraction of sp³-hybridized carbons (Fsp3) is 0.625. The van der Waals surface area contributed by atoms with Crippen LogP contribution in [0.2, 0.25) is 0 Å². The van der Waals surface area contributed by atoms with Crippen molar-refractivity contribution in [2.75, 3.05) is 5.32 Å². The second-order valence-electron chi connectivity index (χ2n) is 6.08. The second-order valence-corrected chi connectivity index (χ2v) is 7.64. The van der Waals surface area contributed by atoms with Crippen LogP contribution in [0.4, 0.5) is 5.69 Å². The molecule has 1 aromatic rings. The predicted molar refractivity (Wildman–Crippen MR) is 86.7 cm³/mol. The third-order valence-corrected chi connectivity index (χ3v) is 5.23. The molecule has 0 saturated heterocycles. The molecule has 118 valence electrons. The molecule has 4 nitrogen and oxygen atoms in total. The van der Waals surface area contributed by atoms with Gasteiger partial charge in [0.15, 0.2) is 0 Å². The summed E-state index contributed by atoms with van der Waals surface area (Å²) in [5.74, 6) is 0.859. The maximum absolute atomic E-state index is 11.4. The Bertz CT molecular complexity index is 557. The number of anilines is 1. The lowest BCUT2D eigenvalue weighted by Crippen LogP contribution is -2.19. The first-order chi connectivity index (χ1) is 9.99. The van der Waals surface area contributed by atoms with Crippen LogP contribution in [0.1, 0.15) is 51.9 Å². The van der Waals surface area contributed by atoms with Gasteiger partial charge in [-0.05, 0) is 43.4 Å². The van der Waals surface area contributed by atoms with Crippen LogP contribution < -0.4 is 10.5 Å². The Morgan fingerprint density at radius 1 is 1.24 bits per heavy atom. The second kappa shape index (κ2) is 7.27. The summed E-state index contributed by atoms with van der Waals surface area (Å²) in [6, 6.07) is 7.23. The van der Waals surface area contributed by atoms with E-state index in [4.69, 9.17) is 5.14 Å². The molecule has 1 fully saturated rings. The number of nitrogens with one attached hydrogen (secondary N) is 1. The van der Waals surface area contributed by atoms with Gasteiger partial charge in [0, 0.05) is 11.7 Å². The van der Waals surface area contributed by atoms with E-state index in [2.05, 4.69) is 12.2 Å². The highest BCUT2D eigenvalue weighted by atomic mass is 32.2. The lowest BCUT2D eigenvalue weighted by Gasteiger charge is -2.18. The van der Waals surface area contributed by atoms with Crippen molar-refractivity contribution in [1.29, 1.82) is 0 Å². The summed E-state index contributed by atoms with van der Waals surface area (Å²) in [5.41, 5.74) is 0.848. The third-order valence-electron chi connectivity index (χ3n) is 4.32. The molecule has 0 spiro atoms. The Morgan fingerprint density at radius 2 is 2.05 bits per heavy atom. The Kier molecular flexibility index (Phi) is 5.65. The maximum Gasteiger partial charge on any atom is 0.238 e. The largest absolute Gasteiger partial charge is 0.382 e. The standard InChI is InChI=1S/C16H26N2O2S/c1-2-5-13-6-3-7-14(11-10-13)18-15-8-4-9-16(12-15)21(17,19)20/h4,8-9,12-14,18H,2-3,5-7,10-11H2,1H3,(H2,17,19,20). The highest BCUT2D eigenvalue weighted by Gasteiger charge is 2.18. The number of rotatable bonds is 5. The molecule has 2 rings (SSSR count). The van der Waals surface area contributed by atoms with Crippen LogP contribution in [-0.2, 0) is 10.0 Å². The Labute approximate surface area is 128 Å². The number of primary sulfonamides is 1. The zero-order valence-electron chi connectivity index (χ0n) is 12.7. The van der Waals surface area contributed by atoms with Gasteiger partial charge in [-0.2, -0.15) is 0 Å². The molecule has 0 aromatic heterocycles. The number of sulfonamides is 1. The van der Waals surface area contributed by atoms with Crippen LogP contribution in [0, 0.1) is 5.92 Å². The van der Waals surface area contributed by atoms with Crippen molar-refractivity contribution in [2.24, 2.45) is 11.1 Å². The van der Waals surface area contributed by atoms with Crippen LogP contribution in [0.25, 0.3) is 0 Å². The van der Waals surface area contributed by atoms with E-state index in [1.807, 2.05) is 6.07 Å². The van der Waals surface area contributed by atoms with Crippen LogP contribution >= 0.6 is 0 Å². The molecule has 2 unspecified atom stereocenters. The van der Waals surface area contributed by atoms with Gasteiger partial charge in [-0.1, -0.05) is 38.7 Å². The summed E-state index contributed by atoms with van der Waals surface area (Å²) in [7, 11) is -3.63. The summed E-state index contributed by atoms with van der Waals surface area (Å²) in [4.78, 5) is 0.171. The van der Waals surface area contributed by atoms with Gasteiger partial charge in [-0.25, -0.2) is 13.6 Å². The third kappa shape index (κ3) is 5.00. The van der Waals surface area contributed by atoms with Crippen LogP contribution in [0.5, 0.6) is 0 Å². The number of hydrogen-bond donors (Lipinski definition) is 2. The summed E-state index contributed by atoms with van der Waals surface area (Å²) in [6.45, 7) is 2.25. The summed E-state index contributed by atoms with van der Waals surface area (Å²) < 4.78 is 22.8. The highest BCUT2D eigenvalue weighted by molar-refractivity contribution is 7.89. The minimum atomic E-state index is -3.63. The van der Waals surface area contributed by atoms with E-state index in [1.165, 1.54) is 38.2 Å². The van der Waals surface area contributed by atoms with Crippen LogP contribution in [-0.4, -0.2) is 14.5 Å². The zero-order valence-corrected chi connectivity index (χ0v) is 13.5. The quantitative estimate of drug-likeness (QED) is 0.818. The molecule has 3 N–H and O–H groups in total. The molecular weight excluding hydrogens is 284 g/mol. The lowest BCUT2D eigenvalue weighted by molar-refractivity contribution is 0.422. The maximum atomic E-state index is 11.4. The number of nitrogens with two attached hydrogens (primary N) is 1. The minimum Gasteiger partial charge on any atom is -0.382 e. The van der Waals surface area contributed by atoms with Crippen molar-refractivity contribution >= 4 is 15.7 Å². The molecule has 1 saturated carbocycles. The van der Waals surface area contributed by atoms with Gasteiger partial charge in [0.25, 0.3) is 0 Å². The molecule has 0 amide bonds. The Balaban J connectivity index is 1.99. The van der Waals surface area contributed by atoms with E-state index >= 15 is 0 Å². The molecule has 0 bridgehead atoms. The van der Waals surface area contributed by atoms with E-state index in [1.54, 1.807) is 12.1 Å². The molecule has 0 heterocycles. The Hall–Kier alpha value is -1.07. The average molecular weight is 310 g/mol. The Morgan fingerprint density at radius 3 is 2.76 bits per heavy atom. The smallest absolute Gasteiger partial charge is 0.238 e. The van der Waals surface area contributed by atoms with Crippen molar-refractivity contribution in [3.63, 3.8) is 0 Å². The fourth-order valence-electron chi connectivity index (χ4n) is 3.22. The van der Waals surface area contributed by atoms with Gasteiger partial charge in [-0.15, -0.1) is 0 Å². The zero-order chi connectivity index (χ0) is 15.3. The molecule has 1 aliphatic carbocycles. The van der Waals surface area contributed by atoms with Gasteiger partial charge in [0.1, 0.15) is 0 Å². The predicted octanol–water partition coefficient (Wildman–Crippen LogP) is 3.49. The molecule has 2 atom stereocenters. The van der Waals surface area contributed by atoms with Crippen molar-refractivity contribution in [3.8, 4) is 0 Å². The SMILES string of the molecule is CCCC1CCCC(Nc2cccc(S(N)(=O)=O)c2)CC1. The summed E-state index contributed by atoms with van der Waals surface area (Å²) in [6.07, 6.45) is 8.73. The highest BCUT2D eigenvalue weighted by Crippen LogP contribution is 2.28. The fourth-order valence-corrected chi connectivity index (χ4v) is 3.78. The van der Waals surface area contributed by atoms with Crippen molar-refractivity contribution in [1.82, 2.24) is 0 Å². The van der Waals surface area contributed by atoms with Crippen molar-refractivity contribution in [3.05, 3.63) is 24.3 Å². The van der Waals surface area contributed by atoms with Gasteiger partial charge in [-0.3, -0.25) is 0 Å². The summed E-state index contributed by atoms with van der Waals surface area (Å²) in [5, 5.41) is 8.66. The first kappa shape index (κ1) is 16.3. The van der Waals surface area contributed by atoms with Gasteiger partial charge in [0.2, 0.25) is 10.0 Å². The average Bonchev–Trinajstić information content (AvgIpc) is 2.64. The first-order valence-electron chi connectivity index (χ1n) is 7.88. The molecule has 0 radical (unpaired) electrons. The molecule has 1 aromatic carbocycles. The molecule has 0 aliphatic heterocycles.